The number of methoxy groups -OCH3 is 1. The van der Waals surface area contributed by atoms with Crippen molar-refractivity contribution in [3.8, 4) is 0 Å². The minimum Gasteiger partial charge on any atom is -0.465 e. The summed E-state index contributed by atoms with van der Waals surface area (Å²) in [6, 6.07) is 1.48. The molecule has 7 nitrogen and oxygen atoms in total. The van der Waals surface area contributed by atoms with Crippen LogP contribution in [0.2, 0.25) is 0 Å². The van der Waals surface area contributed by atoms with Crippen LogP contribution < -0.4 is 0 Å². The van der Waals surface area contributed by atoms with Gasteiger partial charge in [-0.15, -0.1) is 6.58 Å². The van der Waals surface area contributed by atoms with Crippen LogP contribution in [0, 0.1) is 0 Å². The third-order valence-electron chi connectivity index (χ3n) is 2.33. The molecule has 0 atom stereocenters. The largest absolute Gasteiger partial charge is 0.465 e. The van der Waals surface area contributed by atoms with E-state index in [2.05, 4.69) is 11.7 Å². The van der Waals surface area contributed by atoms with Gasteiger partial charge in [0.25, 0.3) is 5.91 Å². The lowest BCUT2D eigenvalue weighted by atomic mass is 10.3. The highest BCUT2D eigenvalue weighted by Crippen LogP contribution is 2.08. The molecule has 1 rings (SSSR count). The van der Waals surface area contributed by atoms with Gasteiger partial charge in [0, 0.05) is 19.7 Å². The van der Waals surface area contributed by atoms with E-state index in [0.29, 0.717) is 5.76 Å². The van der Waals surface area contributed by atoms with E-state index in [1.807, 2.05) is 0 Å². The van der Waals surface area contributed by atoms with Crippen molar-refractivity contribution in [2.24, 2.45) is 0 Å². The smallest absolute Gasteiger partial charge is 0.325 e. The standard InChI is InChI=1S/C13H18N2O5/c1-4-6-15(8-12(16)19-5-2)13(17)11-7-10(9-18-3)20-14-11/h4,7H,1,5-6,8-9H2,2-3H3. The van der Waals surface area contributed by atoms with Crippen LogP contribution in [0.5, 0.6) is 0 Å². The van der Waals surface area contributed by atoms with E-state index in [0.717, 1.165) is 0 Å². The van der Waals surface area contributed by atoms with Crippen LogP contribution >= 0.6 is 0 Å². The normalized spacial score (nSPS) is 10.1. The number of nitrogens with zero attached hydrogens (tertiary/aromatic N) is 2. The Morgan fingerprint density at radius 3 is 2.90 bits per heavy atom. The molecule has 0 aliphatic rings. The van der Waals surface area contributed by atoms with Gasteiger partial charge in [0.2, 0.25) is 0 Å². The molecule has 0 aliphatic heterocycles. The van der Waals surface area contributed by atoms with E-state index < -0.39 is 11.9 Å². The molecule has 0 N–H and O–H groups in total. The Labute approximate surface area is 117 Å². The molecule has 1 amide bonds. The van der Waals surface area contributed by atoms with Crippen molar-refractivity contribution in [1.29, 1.82) is 0 Å². The van der Waals surface area contributed by atoms with Crippen molar-refractivity contribution in [3.63, 3.8) is 0 Å². The maximum atomic E-state index is 12.2. The molecule has 0 saturated heterocycles. The third-order valence-corrected chi connectivity index (χ3v) is 2.33. The predicted molar refractivity (Wildman–Crippen MR) is 69.9 cm³/mol. The Kier molecular flexibility index (Phi) is 6.45. The Hall–Kier alpha value is -2.15. The summed E-state index contributed by atoms with van der Waals surface area (Å²) in [4.78, 5) is 24.9. The van der Waals surface area contributed by atoms with Crippen molar-refractivity contribution >= 4 is 11.9 Å². The summed E-state index contributed by atoms with van der Waals surface area (Å²) in [5, 5.41) is 3.66. The third kappa shape index (κ3) is 4.51. The number of aromatic nitrogens is 1. The van der Waals surface area contributed by atoms with Gasteiger partial charge in [-0.2, -0.15) is 0 Å². The van der Waals surface area contributed by atoms with Crippen LogP contribution in [0.4, 0.5) is 0 Å². The van der Waals surface area contributed by atoms with Crippen LogP contribution in [-0.2, 0) is 20.9 Å². The van der Waals surface area contributed by atoms with Gasteiger partial charge < -0.3 is 18.9 Å². The fourth-order valence-corrected chi connectivity index (χ4v) is 1.52. The first-order valence-electron chi connectivity index (χ1n) is 6.12. The molecular weight excluding hydrogens is 264 g/mol. The highest BCUT2D eigenvalue weighted by molar-refractivity contribution is 5.94. The summed E-state index contributed by atoms with van der Waals surface area (Å²) in [5.74, 6) is -0.474. The van der Waals surface area contributed by atoms with E-state index in [-0.39, 0.29) is 32.0 Å². The maximum Gasteiger partial charge on any atom is 0.325 e. The van der Waals surface area contributed by atoms with Crippen molar-refractivity contribution in [2.75, 3.05) is 26.8 Å². The first kappa shape index (κ1) is 15.9. The van der Waals surface area contributed by atoms with Crippen LogP contribution in [-0.4, -0.2) is 48.7 Å². The van der Waals surface area contributed by atoms with Gasteiger partial charge in [0.15, 0.2) is 11.5 Å². The molecule has 1 heterocycles. The van der Waals surface area contributed by atoms with E-state index >= 15 is 0 Å². The maximum absolute atomic E-state index is 12.2. The lowest BCUT2D eigenvalue weighted by Crippen LogP contribution is -2.36. The van der Waals surface area contributed by atoms with Crippen molar-refractivity contribution in [1.82, 2.24) is 10.1 Å². The second kappa shape index (κ2) is 8.11. The fraction of sp³-hybridized carbons (Fsp3) is 0.462. The van der Waals surface area contributed by atoms with Gasteiger partial charge >= 0.3 is 5.97 Å². The van der Waals surface area contributed by atoms with E-state index in [1.165, 1.54) is 24.2 Å². The van der Waals surface area contributed by atoms with Crippen LogP contribution in [0.3, 0.4) is 0 Å². The number of esters is 1. The second-order valence-corrected chi connectivity index (χ2v) is 3.89. The molecule has 0 fully saturated rings. The summed E-state index contributed by atoms with van der Waals surface area (Å²) < 4.78 is 14.6. The van der Waals surface area contributed by atoms with Gasteiger partial charge in [-0.1, -0.05) is 11.2 Å². The zero-order valence-electron chi connectivity index (χ0n) is 11.6. The summed E-state index contributed by atoms with van der Waals surface area (Å²) in [5.41, 5.74) is 0.114. The summed E-state index contributed by atoms with van der Waals surface area (Å²) in [6.07, 6.45) is 1.52. The predicted octanol–water partition coefficient (Wildman–Crippen LogP) is 1.01. The van der Waals surface area contributed by atoms with E-state index in [1.54, 1.807) is 6.92 Å². The molecule has 0 bridgehead atoms. The molecule has 0 aliphatic carbocycles. The zero-order chi connectivity index (χ0) is 15.0. The van der Waals surface area contributed by atoms with E-state index in [4.69, 9.17) is 14.0 Å². The average Bonchev–Trinajstić information content (AvgIpc) is 2.87. The molecule has 110 valence electrons. The lowest BCUT2D eigenvalue weighted by molar-refractivity contribution is -0.143. The number of hydrogen-bond donors (Lipinski definition) is 0. The van der Waals surface area contributed by atoms with Crippen LogP contribution in [0.25, 0.3) is 0 Å². The quantitative estimate of drug-likeness (QED) is 0.523. The monoisotopic (exact) mass is 282 g/mol. The lowest BCUT2D eigenvalue weighted by Gasteiger charge is -2.18. The number of carbonyl (C=O) groups excluding carboxylic acids is 2. The zero-order valence-corrected chi connectivity index (χ0v) is 11.6. The van der Waals surface area contributed by atoms with Gasteiger partial charge in [0.1, 0.15) is 13.2 Å². The first-order valence-corrected chi connectivity index (χ1v) is 6.12. The van der Waals surface area contributed by atoms with Gasteiger partial charge in [0.05, 0.1) is 6.61 Å². The molecule has 0 unspecified atom stereocenters. The average molecular weight is 282 g/mol. The molecule has 1 aromatic rings. The Balaban J connectivity index is 2.76. The topological polar surface area (TPSA) is 81.9 Å². The minimum atomic E-state index is -0.483. The Morgan fingerprint density at radius 2 is 2.30 bits per heavy atom. The Morgan fingerprint density at radius 1 is 1.55 bits per heavy atom. The number of ether oxygens (including phenoxy) is 2. The highest BCUT2D eigenvalue weighted by Gasteiger charge is 2.21. The summed E-state index contributed by atoms with van der Waals surface area (Å²) in [7, 11) is 1.51. The highest BCUT2D eigenvalue weighted by atomic mass is 16.5. The molecular formula is C13H18N2O5. The second-order valence-electron chi connectivity index (χ2n) is 3.89. The van der Waals surface area contributed by atoms with E-state index in [9.17, 15) is 9.59 Å². The van der Waals surface area contributed by atoms with Crippen LogP contribution in [0.15, 0.2) is 23.2 Å². The molecule has 0 spiro atoms. The SMILES string of the molecule is C=CCN(CC(=O)OCC)C(=O)c1cc(COC)on1. The number of hydrogen-bond acceptors (Lipinski definition) is 6. The minimum absolute atomic E-state index is 0.114. The number of amides is 1. The molecule has 1 aromatic heterocycles. The molecule has 0 saturated carbocycles. The first-order chi connectivity index (χ1) is 9.62. The van der Waals surface area contributed by atoms with Crippen molar-refractivity contribution in [2.45, 2.75) is 13.5 Å². The Bertz CT molecular complexity index is 469. The molecule has 20 heavy (non-hydrogen) atoms. The molecule has 0 radical (unpaired) electrons. The molecule has 7 heteroatoms. The number of carbonyl (C=O) groups is 2. The van der Waals surface area contributed by atoms with Gasteiger partial charge in [-0.05, 0) is 6.92 Å². The van der Waals surface area contributed by atoms with Gasteiger partial charge in [-0.25, -0.2) is 0 Å². The summed E-state index contributed by atoms with van der Waals surface area (Å²) >= 11 is 0. The van der Waals surface area contributed by atoms with Crippen LogP contribution in [0.1, 0.15) is 23.2 Å². The van der Waals surface area contributed by atoms with Crippen molar-refractivity contribution < 1.29 is 23.6 Å². The summed E-state index contributed by atoms with van der Waals surface area (Å²) in [6.45, 7) is 5.79. The molecule has 0 aromatic carbocycles. The number of rotatable bonds is 8. The van der Waals surface area contributed by atoms with Gasteiger partial charge in [-0.3, -0.25) is 9.59 Å². The van der Waals surface area contributed by atoms with Crippen molar-refractivity contribution in [3.05, 3.63) is 30.2 Å². The fourth-order valence-electron chi connectivity index (χ4n) is 1.52.